The number of amides is 4. The van der Waals surface area contributed by atoms with Gasteiger partial charge in [0.05, 0.1) is 6.04 Å². The number of likely N-dealkylation sites (N-methyl/N-ethyl adjacent to an activating group) is 1. The van der Waals surface area contributed by atoms with E-state index in [1.54, 1.807) is 12.3 Å². The zero-order valence-corrected chi connectivity index (χ0v) is 27.9. The van der Waals surface area contributed by atoms with Crippen molar-refractivity contribution in [1.29, 1.82) is 0 Å². The standard InChI is InChI=1S/C36H49N5O5/c1-7-23(3)30-34(43)37-20-18-25-14-16-27(17-15-25)46-29-19-21-41(32(29)35(44)38-30)36(45)31(24(4)8-2)39-33(42)28(40(5)6)22-26-12-10-9-11-13-26/h9-18,20,23-24,28-32H,7-8,19,21-22H2,1-6H3,(H,37,43)(H,38,44)(H,39,42)/b20-18-/t23-,24+,28-,29+,30-,31-,32+/m0/s1. The second-order valence-corrected chi connectivity index (χ2v) is 12.7. The summed E-state index contributed by atoms with van der Waals surface area (Å²) in [5.74, 6) is -1.16. The van der Waals surface area contributed by atoms with Crippen molar-refractivity contribution in [2.75, 3.05) is 20.6 Å². The predicted molar refractivity (Wildman–Crippen MR) is 179 cm³/mol. The molecule has 46 heavy (non-hydrogen) atoms. The Morgan fingerprint density at radius 1 is 1.00 bits per heavy atom. The lowest BCUT2D eigenvalue weighted by Crippen LogP contribution is -2.61. The molecule has 2 aromatic rings. The van der Waals surface area contributed by atoms with Gasteiger partial charge in [0, 0.05) is 19.2 Å². The molecule has 248 valence electrons. The number of hydrogen-bond acceptors (Lipinski definition) is 6. The van der Waals surface area contributed by atoms with E-state index in [4.69, 9.17) is 4.74 Å². The van der Waals surface area contributed by atoms with Gasteiger partial charge in [-0.2, -0.15) is 0 Å². The van der Waals surface area contributed by atoms with Crippen LogP contribution >= 0.6 is 0 Å². The molecule has 3 heterocycles. The lowest BCUT2D eigenvalue weighted by atomic mass is 9.95. The highest BCUT2D eigenvalue weighted by molar-refractivity contribution is 5.96. The Kier molecular flexibility index (Phi) is 12.0. The maximum Gasteiger partial charge on any atom is 0.247 e. The molecule has 3 aliphatic rings. The highest BCUT2D eigenvalue weighted by atomic mass is 16.5. The molecule has 2 bridgehead atoms. The van der Waals surface area contributed by atoms with Crippen LogP contribution in [0.3, 0.4) is 0 Å². The van der Waals surface area contributed by atoms with Crippen molar-refractivity contribution in [3.63, 3.8) is 0 Å². The maximum atomic E-state index is 14.4. The summed E-state index contributed by atoms with van der Waals surface area (Å²) in [6, 6.07) is 14.0. The van der Waals surface area contributed by atoms with Crippen LogP contribution in [0.1, 0.15) is 58.1 Å². The third-order valence-electron chi connectivity index (χ3n) is 9.33. The Morgan fingerprint density at radius 3 is 2.33 bits per heavy atom. The van der Waals surface area contributed by atoms with Crippen molar-refractivity contribution in [3.05, 3.63) is 71.9 Å². The molecule has 0 radical (unpaired) electrons. The van der Waals surface area contributed by atoms with E-state index >= 15 is 0 Å². The van der Waals surface area contributed by atoms with Gasteiger partial charge in [-0.1, -0.05) is 83.0 Å². The van der Waals surface area contributed by atoms with Gasteiger partial charge in [-0.25, -0.2) is 0 Å². The molecule has 2 aromatic carbocycles. The minimum atomic E-state index is -0.998. The minimum Gasteiger partial charge on any atom is -0.488 e. The summed E-state index contributed by atoms with van der Waals surface area (Å²) in [5, 5.41) is 8.82. The molecular formula is C36H49N5O5. The van der Waals surface area contributed by atoms with E-state index in [-0.39, 0.29) is 36.1 Å². The van der Waals surface area contributed by atoms with Crippen molar-refractivity contribution in [1.82, 2.24) is 25.8 Å². The molecule has 0 spiro atoms. The SMILES string of the molecule is CC[C@@H](C)[C@H](NC(=O)[C@H](Cc1ccccc1)N(C)C)C(=O)N1CC[C@H]2Oc3ccc(cc3)/C=C\NC(=O)[C@H]([C@@H](C)CC)NC(=O)[C@@H]21. The summed E-state index contributed by atoms with van der Waals surface area (Å²) >= 11 is 0. The van der Waals surface area contributed by atoms with Gasteiger partial charge in [-0.15, -0.1) is 0 Å². The number of likely N-dealkylation sites (tertiary alicyclic amines) is 1. The molecule has 0 aromatic heterocycles. The summed E-state index contributed by atoms with van der Waals surface area (Å²) in [5.41, 5.74) is 1.89. The zero-order chi connectivity index (χ0) is 33.4. The van der Waals surface area contributed by atoms with Crippen LogP contribution in [0.5, 0.6) is 5.75 Å². The van der Waals surface area contributed by atoms with E-state index in [2.05, 4.69) is 16.0 Å². The lowest BCUT2D eigenvalue weighted by Gasteiger charge is -2.35. The predicted octanol–water partition coefficient (Wildman–Crippen LogP) is 3.37. The van der Waals surface area contributed by atoms with Gasteiger partial charge in [0.1, 0.15) is 30.0 Å². The first-order valence-electron chi connectivity index (χ1n) is 16.4. The van der Waals surface area contributed by atoms with E-state index in [1.165, 1.54) is 4.90 Å². The molecular weight excluding hydrogens is 582 g/mol. The fourth-order valence-electron chi connectivity index (χ4n) is 5.99. The van der Waals surface area contributed by atoms with Gasteiger partial charge >= 0.3 is 0 Å². The summed E-state index contributed by atoms with van der Waals surface area (Å²) in [4.78, 5) is 59.0. The van der Waals surface area contributed by atoms with E-state index in [0.717, 1.165) is 11.1 Å². The Morgan fingerprint density at radius 2 is 1.70 bits per heavy atom. The molecule has 7 atom stereocenters. The van der Waals surface area contributed by atoms with Crippen LogP contribution in [0.25, 0.3) is 6.08 Å². The van der Waals surface area contributed by atoms with Crippen LogP contribution in [0, 0.1) is 11.8 Å². The van der Waals surface area contributed by atoms with Crippen LogP contribution in [-0.2, 0) is 25.6 Å². The molecule has 0 saturated carbocycles. The van der Waals surface area contributed by atoms with Crippen LogP contribution in [0.15, 0.2) is 60.8 Å². The second-order valence-electron chi connectivity index (χ2n) is 12.7. The molecule has 5 rings (SSSR count). The van der Waals surface area contributed by atoms with Crippen LogP contribution in [0.2, 0.25) is 0 Å². The number of carbonyl (C=O) groups is 4. The van der Waals surface area contributed by atoms with Gasteiger partial charge in [0.15, 0.2) is 0 Å². The maximum absolute atomic E-state index is 14.4. The van der Waals surface area contributed by atoms with Crippen molar-refractivity contribution in [3.8, 4) is 5.75 Å². The number of benzene rings is 2. The third-order valence-corrected chi connectivity index (χ3v) is 9.33. The van der Waals surface area contributed by atoms with Gasteiger partial charge in [0.25, 0.3) is 0 Å². The summed E-state index contributed by atoms with van der Waals surface area (Å²) in [6.07, 6.45) is 4.91. The molecule has 10 heteroatoms. The van der Waals surface area contributed by atoms with E-state index in [1.807, 2.05) is 101 Å². The molecule has 3 N–H and O–H groups in total. The van der Waals surface area contributed by atoms with E-state index in [0.29, 0.717) is 31.4 Å². The van der Waals surface area contributed by atoms with Gasteiger partial charge in [-0.3, -0.25) is 24.1 Å². The number of ether oxygens (including phenoxy) is 1. The first-order chi connectivity index (χ1) is 22.0. The molecule has 0 unspecified atom stereocenters. The van der Waals surface area contributed by atoms with Crippen LogP contribution in [-0.4, -0.2) is 84.3 Å². The molecule has 3 aliphatic heterocycles. The summed E-state index contributed by atoms with van der Waals surface area (Å²) in [6.45, 7) is 8.04. The normalized spacial score (nSPS) is 23.2. The molecule has 1 saturated heterocycles. The summed E-state index contributed by atoms with van der Waals surface area (Å²) < 4.78 is 6.35. The zero-order valence-electron chi connectivity index (χ0n) is 27.9. The Bertz CT molecular complexity index is 1380. The van der Waals surface area contributed by atoms with E-state index in [9.17, 15) is 19.2 Å². The number of nitrogens with one attached hydrogen (secondary N) is 3. The smallest absolute Gasteiger partial charge is 0.247 e. The largest absolute Gasteiger partial charge is 0.488 e. The quantitative estimate of drug-likeness (QED) is 0.370. The molecule has 10 nitrogen and oxygen atoms in total. The number of hydrogen-bond donors (Lipinski definition) is 3. The highest BCUT2D eigenvalue weighted by Crippen LogP contribution is 2.28. The summed E-state index contributed by atoms with van der Waals surface area (Å²) in [7, 11) is 3.70. The van der Waals surface area contributed by atoms with Crippen molar-refractivity contribution in [2.24, 2.45) is 11.8 Å². The Balaban J connectivity index is 1.64. The van der Waals surface area contributed by atoms with Crippen molar-refractivity contribution < 1.29 is 23.9 Å². The lowest BCUT2D eigenvalue weighted by molar-refractivity contribution is -0.145. The monoisotopic (exact) mass is 631 g/mol. The van der Waals surface area contributed by atoms with Gasteiger partial charge in [-0.05, 0) is 61.7 Å². The first-order valence-corrected chi connectivity index (χ1v) is 16.4. The molecule has 1 fully saturated rings. The molecule has 4 amide bonds. The number of rotatable bonds is 10. The fraction of sp³-hybridized carbons (Fsp3) is 0.500. The Labute approximate surface area is 272 Å². The third kappa shape index (κ3) is 8.34. The second kappa shape index (κ2) is 15.9. The number of carbonyl (C=O) groups excluding carboxylic acids is 4. The van der Waals surface area contributed by atoms with Gasteiger partial charge < -0.3 is 25.6 Å². The van der Waals surface area contributed by atoms with Gasteiger partial charge in [0.2, 0.25) is 23.6 Å². The average Bonchev–Trinajstić information content (AvgIpc) is 3.48. The first kappa shape index (κ1) is 34.7. The van der Waals surface area contributed by atoms with E-state index < -0.39 is 36.2 Å². The minimum absolute atomic E-state index is 0.159. The topological polar surface area (TPSA) is 120 Å². The fourth-order valence-corrected chi connectivity index (χ4v) is 5.99. The van der Waals surface area contributed by atoms with Crippen LogP contribution < -0.4 is 20.7 Å². The highest BCUT2D eigenvalue weighted by Gasteiger charge is 2.47. The number of fused-ring (bicyclic) bond motifs is 7. The molecule has 0 aliphatic carbocycles. The van der Waals surface area contributed by atoms with Crippen LogP contribution in [0.4, 0.5) is 0 Å². The van der Waals surface area contributed by atoms with Crippen molar-refractivity contribution >= 4 is 29.7 Å². The Hall–Kier alpha value is -4.18. The van der Waals surface area contributed by atoms with Crippen molar-refractivity contribution in [2.45, 2.75) is 83.6 Å². The average molecular weight is 632 g/mol. The number of nitrogens with zero attached hydrogens (tertiary/aromatic N) is 2.